The van der Waals surface area contributed by atoms with Crippen molar-refractivity contribution in [3.63, 3.8) is 0 Å². The molecule has 0 fully saturated rings. The number of aryl methyl sites for hydroxylation is 1. The standard InChI is InChI=1S/C26H21BrN2O2S/c27-18-8-6-7-17(15-18)22-14-13-20(31-22)16-28-26-24(21-11-4-5-12-23(21)32-26)25(30)29-19-9-2-1-3-10-19/h1-3,6-10,13-16H,4-5,11-12H2,(H,29,30). The first-order valence-corrected chi connectivity index (χ1v) is 12.2. The zero-order valence-corrected chi connectivity index (χ0v) is 19.7. The monoisotopic (exact) mass is 504 g/mol. The Bertz CT molecular complexity index is 1290. The molecule has 0 atom stereocenters. The van der Waals surface area contributed by atoms with Gasteiger partial charge in [0.25, 0.3) is 5.91 Å². The average Bonchev–Trinajstić information content (AvgIpc) is 3.43. The molecule has 1 N–H and O–H groups in total. The second-order valence-corrected chi connectivity index (χ2v) is 9.68. The summed E-state index contributed by atoms with van der Waals surface area (Å²) in [6.45, 7) is 0. The van der Waals surface area contributed by atoms with Crippen LogP contribution in [-0.2, 0) is 12.8 Å². The van der Waals surface area contributed by atoms with Gasteiger partial charge < -0.3 is 9.73 Å². The van der Waals surface area contributed by atoms with Crippen molar-refractivity contribution < 1.29 is 9.21 Å². The van der Waals surface area contributed by atoms with Crippen molar-refractivity contribution in [2.45, 2.75) is 25.7 Å². The van der Waals surface area contributed by atoms with Crippen LogP contribution in [0.1, 0.15) is 39.4 Å². The lowest BCUT2D eigenvalue weighted by Crippen LogP contribution is -2.14. The lowest BCUT2D eigenvalue weighted by molar-refractivity contribution is 0.102. The number of hydrogen-bond donors (Lipinski definition) is 1. The lowest BCUT2D eigenvalue weighted by atomic mass is 9.95. The van der Waals surface area contributed by atoms with Crippen LogP contribution in [-0.4, -0.2) is 12.1 Å². The van der Waals surface area contributed by atoms with E-state index in [0.717, 1.165) is 57.7 Å². The number of carbonyl (C=O) groups excluding carboxylic acids is 1. The van der Waals surface area contributed by atoms with Gasteiger partial charge in [-0.3, -0.25) is 4.79 Å². The van der Waals surface area contributed by atoms with Gasteiger partial charge in [0.15, 0.2) is 0 Å². The molecule has 1 aliphatic rings. The summed E-state index contributed by atoms with van der Waals surface area (Å²) in [5.74, 6) is 1.33. The number of halogens is 1. The van der Waals surface area contributed by atoms with Gasteiger partial charge in [0.05, 0.1) is 11.8 Å². The van der Waals surface area contributed by atoms with Crippen LogP contribution in [0.2, 0.25) is 0 Å². The van der Waals surface area contributed by atoms with Gasteiger partial charge in [0.2, 0.25) is 0 Å². The van der Waals surface area contributed by atoms with Crippen molar-refractivity contribution in [2.24, 2.45) is 4.99 Å². The highest BCUT2D eigenvalue weighted by molar-refractivity contribution is 9.10. The molecule has 0 spiro atoms. The smallest absolute Gasteiger partial charge is 0.259 e. The fourth-order valence-corrected chi connectivity index (χ4v) is 5.56. The first-order chi connectivity index (χ1) is 15.7. The summed E-state index contributed by atoms with van der Waals surface area (Å²) in [7, 11) is 0. The third-order valence-corrected chi connectivity index (χ3v) is 7.15. The number of amides is 1. The van der Waals surface area contributed by atoms with Crippen LogP contribution in [0.25, 0.3) is 11.3 Å². The minimum absolute atomic E-state index is 0.1000. The Kier molecular flexibility index (Phi) is 6.06. The molecule has 2 aromatic heterocycles. The number of anilines is 1. The molecule has 6 heteroatoms. The summed E-state index contributed by atoms with van der Waals surface area (Å²) in [4.78, 5) is 19.2. The number of carbonyl (C=O) groups is 1. The molecular formula is C26H21BrN2O2S. The third-order valence-electron chi connectivity index (χ3n) is 5.46. The average molecular weight is 505 g/mol. The second-order valence-electron chi connectivity index (χ2n) is 7.68. The Hall–Kier alpha value is -2.96. The molecular weight excluding hydrogens is 484 g/mol. The summed E-state index contributed by atoms with van der Waals surface area (Å²) in [5, 5.41) is 3.77. The maximum absolute atomic E-state index is 13.2. The topological polar surface area (TPSA) is 54.6 Å². The summed E-state index contributed by atoms with van der Waals surface area (Å²) >= 11 is 5.11. The Morgan fingerprint density at radius 1 is 1.03 bits per heavy atom. The number of hydrogen-bond acceptors (Lipinski definition) is 4. The summed E-state index contributed by atoms with van der Waals surface area (Å²) in [5.41, 5.74) is 3.63. The Morgan fingerprint density at radius 2 is 1.88 bits per heavy atom. The first-order valence-electron chi connectivity index (χ1n) is 10.6. The Balaban J connectivity index is 1.44. The van der Waals surface area contributed by atoms with Crippen LogP contribution in [0, 0.1) is 0 Å². The highest BCUT2D eigenvalue weighted by Gasteiger charge is 2.25. The highest BCUT2D eigenvalue weighted by atomic mass is 79.9. The van der Waals surface area contributed by atoms with Gasteiger partial charge >= 0.3 is 0 Å². The number of para-hydroxylation sites is 1. The molecule has 5 rings (SSSR count). The molecule has 0 bridgehead atoms. The fraction of sp³-hybridized carbons (Fsp3) is 0.154. The zero-order valence-electron chi connectivity index (χ0n) is 17.3. The van der Waals surface area contributed by atoms with E-state index in [-0.39, 0.29) is 5.91 Å². The van der Waals surface area contributed by atoms with E-state index in [4.69, 9.17) is 9.41 Å². The predicted molar refractivity (Wildman–Crippen MR) is 134 cm³/mol. The minimum Gasteiger partial charge on any atom is -0.455 e. The molecule has 0 saturated carbocycles. The molecule has 2 aromatic carbocycles. The van der Waals surface area contributed by atoms with Crippen LogP contribution in [0.4, 0.5) is 10.7 Å². The quantitative estimate of drug-likeness (QED) is 0.283. The summed E-state index contributed by atoms with van der Waals surface area (Å²) in [6.07, 6.45) is 5.90. The van der Waals surface area contributed by atoms with Gasteiger partial charge in [-0.15, -0.1) is 11.3 Å². The van der Waals surface area contributed by atoms with Crippen molar-refractivity contribution in [1.82, 2.24) is 0 Å². The molecule has 4 nitrogen and oxygen atoms in total. The molecule has 32 heavy (non-hydrogen) atoms. The van der Waals surface area contributed by atoms with E-state index < -0.39 is 0 Å². The SMILES string of the molecule is O=C(Nc1ccccc1)c1c(N=Cc2ccc(-c3cccc(Br)c3)o2)sc2c1CCCC2. The van der Waals surface area contributed by atoms with Gasteiger partial charge in [-0.25, -0.2) is 4.99 Å². The number of rotatable bonds is 5. The van der Waals surface area contributed by atoms with Crippen molar-refractivity contribution >= 4 is 50.1 Å². The van der Waals surface area contributed by atoms with Crippen LogP contribution in [0.15, 0.2) is 80.6 Å². The highest BCUT2D eigenvalue weighted by Crippen LogP contribution is 2.40. The normalized spacial score (nSPS) is 13.3. The number of aliphatic imine (C=N–C) groups is 1. The van der Waals surface area contributed by atoms with Gasteiger partial charge in [0, 0.05) is 20.6 Å². The predicted octanol–water partition coefficient (Wildman–Crippen LogP) is 7.65. The Morgan fingerprint density at radius 3 is 2.72 bits per heavy atom. The van der Waals surface area contributed by atoms with E-state index in [1.165, 1.54) is 4.88 Å². The molecule has 1 amide bonds. The second kappa shape index (κ2) is 9.27. The van der Waals surface area contributed by atoms with Crippen molar-refractivity contribution in [3.05, 3.63) is 93.0 Å². The van der Waals surface area contributed by atoms with Crippen LogP contribution in [0.5, 0.6) is 0 Å². The fourth-order valence-electron chi connectivity index (χ4n) is 3.93. The van der Waals surface area contributed by atoms with E-state index in [0.29, 0.717) is 11.3 Å². The number of fused-ring (bicyclic) bond motifs is 1. The van der Waals surface area contributed by atoms with Gasteiger partial charge in [0.1, 0.15) is 16.5 Å². The van der Waals surface area contributed by atoms with Crippen molar-refractivity contribution in [2.75, 3.05) is 5.32 Å². The summed E-state index contributed by atoms with van der Waals surface area (Å²) in [6, 6.07) is 21.4. The van der Waals surface area contributed by atoms with E-state index in [1.807, 2.05) is 66.7 Å². The van der Waals surface area contributed by atoms with Gasteiger partial charge in [-0.2, -0.15) is 0 Å². The van der Waals surface area contributed by atoms with Gasteiger partial charge in [-0.05, 0) is 67.6 Å². The molecule has 160 valence electrons. The van der Waals surface area contributed by atoms with Crippen LogP contribution < -0.4 is 5.32 Å². The van der Waals surface area contributed by atoms with Gasteiger partial charge in [-0.1, -0.05) is 46.3 Å². The molecule has 0 aliphatic heterocycles. The number of benzene rings is 2. The Labute approximate surface area is 199 Å². The number of thiophene rings is 1. The lowest BCUT2D eigenvalue weighted by Gasteiger charge is -2.12. The third kappa shape index (κ3) is 4.47. The molecule has 0 radical (unpaired) electrons. The van der Waals surface area contributed by atoms with E-state index in [1.54, 1.807) is 17.6 Å². The molecule has 0 saturated heterocycles. The van der Waals surface area contributed by atoms with E-state index in [2.05, 4.69) is 21.2 Å². The number of nitrogens with zero attached hydrogens (tertiary/aromatic N) is 1. The minimum atomic E-state index is -0.1000. The largest absolute Gasteiger partial charge is 0.455 e. The number of furan rings is 1. The van der Waals surface area contributed by atoms with E-state index >= 15 is 0 Å². The molecule has 2 heterocycles. The molecule has 1 aliphatic carbocycles. The zero-order chi connectivity index (χ0) is 21.9. The van der Waals surface area contributed by atoms with E-state index in [9.17, 15) is 4.79 Å². The maximum Gasteiger partial charge on any atom is 0.259 e. The van der Waals surface area contributed by atoms with Crippen molar-refractivity contribution in [3.8, 4) is 11.3 Å². The first kappa shape index (κ1) is 20.9. The van der Waals surface area contributed by atoms with Crippen LogP contribution in [0.3, 0.4) is 0 Å². The summed E-state index contributed by atoms with van der Waals surface area (Å²) < 4.78 is 6.98. The number of nitrogens with one attached hydrogen (secondary N) is 1. The van der Waals surface area contributed by atoms with Crippen LogP contribution >= 0.6 is 27.3 Å². The molecule has 4 aromatic rings. The molecule has 0 unspecified atom stereocenters. The van der Waals surface area contributed by atoms with Crippen molar-refractivity contribution in [1.29, 1.82) is 0 Å². The maximum atomic E-state index is 13.2.